The van der Waals surface area contributed by atoms with Crippen LogP contribution in [-0.4, -0.2) is 25.3 Å². The molecule has 0 fully saturated rings. The number of benzene rings is 1. The zero-order chi connectivity index (χ0) is 14.5. The van der Waals surface area contributed by atoms with Gasteiger partial charge in [0.2, 0.25) is 5.78 Å². The summed E-state index contributed by atoms with van der Waals surface area (Å²) in [6.07, 6.45) is 1.37. The van der Waals surface area contributed by atoms with Crippen molar-refractivity contribution in [1.29, 1.82) is 0 Å². The molecule has 0 aliphatic heterocycles. The number of rotatable bonds is 5. The Bertz CT molecular complexity index is 622. The summed E-state index contributed by atoms with van der Waals surface area (Å²) in [5.41, 5.74) is 0.204. The van der Waals surface area contributed by atoms with Gasteiger partial charge in [-0.2, -0.15) is 0 Å². The van der Waals surface area contributed by atoms with Gasteiger partial charge in [-0.05, 0) is 30.3 Å². The molecule has 1 aromatic carbocycles. The van der Waals surface area contributed by atoms with Crippen molar-refractivity contribution in [3.63, 3.8) is 0 Å². The SMILES string of the molecule is COc1cc(C(=O)NCC(=O)c2ccco2)ccc1F. The number of halogens is 1. The highest BCUT2D eigenvalue weighted by molar-refractivity contribution is 6.00. The zero-order valence-electron chi connectivity index (χ0n) is 10.7. The highest BCUT2D eigenvalue weighted by Gasteiger charge is 2.13. The van der Waals surface area contributed by atoms with Crippen molar-refractivity contribution in [2.24, 2.45) is 0 Å². The smallest absolute Gasteiger partial charge is 0.251 e. The summed E-state index contributed by atoms with van der Waals surface area (Å²) in [6, 6.07) is 6.80. The number of methoxy groups -OCH3 is 1. The molecule has 1 aromatic heterocycles. The first kappa shape index (κ1) is 13.8. The Balaban J connectivity index is 2.00. The summed E-state index contributed by atoms with van der Waals surface area (Å²) in [5, 5.41) is 2.43. The Kier molecular flexibility index (Phi) is 4.14. The summed E-state index contributed by atoms with van der Waals surface area (Å²) < 4.78 is 22.9. The van der Waals surface area contributed by atoms with Gasteiger partial charge in [0.25, 0.3) is 5.91 Å². The Morgan fingerprint density at radius 3 is 2.80 bits per heavy atom. The van der Waals surface area contributed by atoms with Crippen LogP contribution in [-0.2, 0) is 0 Å². The van der Waals surface area contributed by atoms with E-state index in [1.807, 2.05) is 0 Å². The third-order valence-corrected chi connectivity index (χ3v) is 2.62. The molecule has 0 aliphatic rings. The fourth-order valence-electron chi connectivity index (χ4n) is 1.59. The fourth-order valence-corrected chi connectivity index (χ4v) is 1.59. The van der Waals surface area contributed by atoms with Crippen LogP contribution in [0, 0.1) is 5.82 Å². The number of carbonyl (C=O) groups is 2. The number of nitrogens with one attached hydrogen (secondary N) is 1. The summed E-state index contributed by atoms with van der Waals surface area (Å²) in [4.78, 5) is 23.5. The van der Waals surface area contributed by atoms with Gasteiger partial charge in [-0.3, -0.25) is 9.59 Å². The number of ether oxygens (including phenoxy) is 1. The summed E-state index contributed by atoms with van der Waals surface area (Å²) in [6.45, 7) is -0.202. The molecule has 6 heteroatoms. The molecular weight excluding hydrogens is 265 g/mol. The van der Waals surface area contributed by atoms with Gasteiger partial charge in [0.1, 0.15) is 0 Å². The molecule has 0 atom stereocenters. The Morgan fingerprint density at radius 1 is 1.35 bits per heavy atom. The van der Waals surface area contributed by atoms with E-state index < -0.39 is 11.7 Å². The first-order valence-electron chi connectivity index (χ1n) is 5.80. The van der Waals surface area contributed by atoms with E-state index in [-0.39, 0.29) is 29.4 Å². The molecule has 1 N–H and O–H groups in total. The lowest BCUT2D eigenvalue weighted by Gasteiger charge is -2.06. The van der Waals surface area contributed by atoms with Gasteiger partial charge in [-0.15, -0.1) is 0 Å². The first-order chi connectivity index (χ1) is 9.61. The van der Waals surface area contributed by atoms with Gasteiger partial charge < -0.3 is 14.5 Å². The van der Waals surface area contributed by atoms with Crippen LogP contribution in [0.2, 0.25) is 0 Å². The van der Waals surface area contributed by atoms with Crippen LogP contribution in [0.25, 0.3) is 0 Å². The molecule has 0 spiro atoms. The van der Waals surface area contributed by atoms with E-state index in [1.54, 1.807) is 6.07 Å². The lowest BCUT2D eigenvalue weighted by atomic mass is 10.2. The largest absolute Gasteiger partial charge is 0.494 e. The van der Waals surface area contributed by atoms with Crippen LogP contribution in [0.15, 0.2) is 41.0 Å². The molecule has 20 heavy (non-hydrogen) atoms. The minimum absolute atomic E-state index is 0.0324. The number of carbonyl (C=O) groups excluding carboxylic acids is 2. The lowest BCUT2D eigenvalue weighted by molar-refractivity contribution is 0.0892. The molecule has 0 aliphatic carbocycles. The molecule has 2 rings (SSSR count). The number of ketones is 1. The maximum absolute atomic E-state index is 13.2. The maximum atomic E-state index is 13.2. The maximum Gasteiger partial charge on any atom is 0.251 e. The van der Waals surface area contributed by atoms with Crippen LogP contribution in [0.4, 0.5) is 4.39 Å². The van der Waals surface area contributed by atoms with Crippen molar-refractivity contribution in [2.75, 3.05) is 13.7 Å². The molecule has 1 amide bonds. The monoisotopic (exact) mass is 277 g/mol. The molecule has 0 bridgehead atoms. The first-order valence-corrected chi connectivity index (χ1v) is 5.80. The minimum atomic E-state index is -0.560. The lowest BCUT2D eigenvalue weighted by Crippen LogP contribution is -2.29. The summed E-state index contributed by atoms with van der Waals surface area (Å²) in [5.74, 6) is -1.27. The number of amides is 1. The molecule has 104 valence electrons. The third kappa shape index (κ3) is 3.03. The quantitative estimate of drug-likeness (QED) is 0.849. The fraction of sp³-hybridized carbons (Fsp3) is 0.143. The van der Waals surface area contributed by atoms with Gasteiger partial charge in [-0.1, -0.05) is 0 Å². The average molecular weight is 277 g/mol. The predicted octanol–water partition coefficient (Wildman–Crippen LogP) is 2.04. The Hall–Kier alpha value is -2.63. The highest BCUT2D eigenvalue weighted by Crippen LogP contribution is 2.18. The molecule has 5 nitrogen and oxygen atoms in total. The van der Waals surface area contributed by atoms with Crippen molar-refractivity contribution in [1.82, 2.24) is 5.32 Å². The zero-order valence-corrected chi connectivity index (χ0v) is 10.7. The molecule has 1 heterocycles. The van der Waals surface area contributed by atoms with E-state index >= 15 is 0 Å². The van der Waals surface area contributed by atoms with Crippen molar-refractivity contribution >= 4 is 11.7 Å². The normalized spacial score (nSPS) is 10.1. The van der Waals surface area contributed by atoms with Gasteiger partial charge in [0.05, 0.1) is 19.9 Å². The predicted molar refractivity (Wildman–Crippen MR) is 68.3 cm³/mol. The minimum Gasteiger partial charge on any atom is -0.494 e. The van der Waals surface area contributed by atoms with Gasteiger partial charge in [0, 0.05) is 5.56 Å². The van der Waals surface area contributed by atoms with Crippen molar-refractivity contribution in [3.8, 4) is 5.75 Å². The van der Waals surface area contributed by atoms with E-state index in [9.17, 15) is 14.0 Å². The van der Waals surface area contributed by atoms with Crippen LogP contribution < -0.4 is 10.1 Å². The van der Waals surface area contributed by atoms with Crippen molar-refractivity contribution in [2.45, 2.75) is 0 Å². The Morgan fingerprint density at radius 2 is 2.15 bits per heavy atom. The van der Waals surface area contributed by atoms with Crippen LogP contribution in [0.5, 0.6) is 5.75 Å². The van der Waals surface area contributed by atoms with E-state index in [0.29, 0.717) is 0 Å². The second-order valence-corrected chi connectivity index (χ2v) is 3.93. The highest BCUT2D eigenvalue weighted by atomic mass is 19.1. The molecular formula is C14H12FNO4. The average Bonchev–Trinajstić information content (AvgIpc) is 2.99. The topological polar surface area (TPSA) is 68.5 Å². The van der Waals surface area contributed by atoms with Crippen molar-refractivity contribution in [3.05, 3.63) is 53.7 Å². The van der Waals surface area contributed by atoms with Crippen molar-refractivity contribution < 1.29 is 23.1 Å². The molecule has 0 saturated carbocycles. The standard InChI is InChI=1S/C14H12FNO4/c1-19-13-7-9(4-5-10(13)15)14(18)16-8-11(17)12-3-2-6-20-12/h2-7H,8H2,1H3,(H,16,18). The number of furan rings is 1. The number of Topliss-reactive ketones (excluding diaryl/α,β-unsaturated/α-hetero) is 1. The second-order valence-electron chi connectivity index (χ2n) is 3.93. The third-order valence-electron chi connectivity index (χ3n) is 2.62. The molecule has 0 radical (unpaired) electrons. The van der Waals surface area contributed by atoms with Crippen LogP contribution >= 0.6 is 0 Å². The van der Waals surface area contributed by atoms with Gasteiger partial charge in [0.15, 0.2) is 17.3 Å². The molecule has 2 aromatic rings. The Labute approximate surface area is 114 Å². The van der Waals surface area contributed by atoms with Crippen LogP contribution in [0.3, 0.4) is 0 Å². The van der Waals surface area contributed by atoms with E-state index in [1.165, 1.54) is 31.6 Å². The number of hydrogen-bond donors (Lipinski definition) is 1. The molecule has 0 unspecified atom stereocenters. The van der Waals surface area contributed by atoms with E-state index in [2.05, 4.69) is 5.32 Å². The van der Waals surface area contributed by atoms with E-state index in [4.69, 9.17) is 9.15 Å². The second kappa shape index (κ2) is 6.01. The summed E-state index contributed by atoms with van der Waals surface area (Å²) >= 11 is 0. The number of hydrogen-bond acceptors (Lipinski definition) is 4. The van der Waals surface area contributed by atoms with Gasteiger partial charge in [-0.25, -0.2) is 4.39 Å². The summed E-state index contributed by atoms with van der Waals surface area (Å²) in [7, 11) is 1.31. The van der Waals surface area contributed by atoms with E-state index in [0.717, 1.165) is 6.07 Å². The van der Waals surface area contributed by atoms with Gasteiger partial charge >= 0.3 is 0 Å². The van der Waals surface area contributed by atoms with Crippen LogP contribution in [0.1, 0.15) is 20.9 Å². The molecule has 0 saturated heterocycles.